The third kappa shape index (κ3) is 3.42. The van der Waals surface area contributed by atoms with Crippen molar-refractivity contribution >= 4 is 17.5 Å². The predicted molar refractivity (Wildman–Crippen MR) is 113 cm³/mol. The molecule has 1 amide bonds. The average molecular weight is 396 g/mol. The molecule has 1 unspecified atom stereocenters. The molecule has 0 aliphatic carbocycles. The van der Waals surface area contributed by atoms with Crippen molar-refractivity contribution in [1.29, 1.82) is 0 Å². The van der Waals surface area contributed by atoms with E-state index in [1.807, 2.05) is 39.0 Å². The summed E-state index contributed by atoms with van der Waals surface area (Å²) < 4.78 is 17.2. The van der Waals surface area contributed by atoms with Gasteiger partial charge in [-0.15, -0.1) is 0 Å². The largest absolute Gasteiger partial charge is 0.496 e. The number of aryl methyl sites for hydroxylation is 1. The summed E-state index contributed by atoms with van der Waals surface area (Å²) in [5.74, 6) is 0.769. The van der Waals surface area contributed by atoms with E-state index in [0.717, 1.165) is 23.4 Å². The van der Waals surface area contributed by atoms with Gasteiger partial charge in [-0.05, 0) is 69.5 Å². The van der Waals surface area contributed by atoms with E-state index in [0.29, 0.717) is 12.3 Å². The van der Waals surface area contributed by atoms with E-state index in [1.165, 1.54) is 11.1 Å². The summed E-state index contributed by atoms with van der Waals surface area (Å²) in [4.78, 5) is 12.3. The van der Waals surface area contributed by atoms with Crippen molar-refractivity contribution in [2.45, 2.75) is 51.4 Å². The third-order valence-corrected chi connectivity index (χ3v) is 5.50. The first-order valence-corrected chi connectivity index (χ1v) is 9.91. The lowest BCUT2D eigenvalue weighted by Crippen LogP contribution is -2.36. The highest BCUT2D eigenvalue weighted by Gasteiger charge is 2.53. The van der Waals surface area contributed by atoms with Crippen LogP contribution in [0.5, 0.6) is 5.75 Å². The fraction of sp³-hybridized carbons (Fsp3) is 0.435. The van der Waals surface area contributed by atoms with E-state index in [9.17, 15) is 4.79 Å². The van der Waals surface area contributed by atoms with E-state index in [-0.39, 0.29) is 11.6 Å². The minimum Gasteiger partial charge on any atom is -0.496 e. The normalized spacial score (nSPS) is 22.4. The maximum absolute atomic E-state index is 12.3. The van der Waals surface area contributed by atoms with Gasteiger partial charge in [-0.25, -0.2) is 4.79 Å². The number of fused-ring (bicyclic) bond motifs is 3. The number of ether oxygens (including phenoxy) is 3. The Morgan fingerprint density at radius 1 is 1.21 bits per heavy atom. The van der Waals surface area contributed by atoms with Crippen molar-refractivity contribution in [1.82, 2.24) is 0 Å². The number of carbonyl (C=O) groups is 1. The topological polar surface area (TPSA) is 68.8 Å². The lowest BCUT2D eigenvalue weighted by molar-refractivity contribution is 0.0636. The maximum atomic E-state index is 12.3. The molecule has 2 aliphatic rings. The molecule has 0 aromatic heterocycles. The molecule has 29 heavy (non-hydrogen) atoms. The monoisotopic (exact) mass is 396 g/mol. The number of methoxy groups -OCH3 is 1. The number of hydrogen-bond acceptors (Lipinski definition) is 5. The van der Waals surface area contributed by atoms with E-state index in [2.05, 4.69) is 35.8 Å². The quantitative estimate of drug-likeness (QED) is 0.779. The molecular weight excluding hydrogens is 368 g/mol. The fourth-order valence-corrected chi connectivity index (χ4v) is 4.34. The zero-order valence-corrected chi connectivity index (χ0v) is 17.6. The molecule has 2 aromatic carbocycles. The van der Waals surface area contributed by atoms with E-state index in [4.69, 9.17) is 14.2 Å². The van der Waals surface area contributed by atoms with E-state index in [1.54, 1.807) is 7.11 Å². The first kappa shape index (κ1) is 19.6. The molecule has 1 saturated heterocycles. The Balaban J connectivity index is 1.77. The first-order chi connectivity index (χ1) is 13.7. The van der Waals surface area contributed by atoms with Crippen molar-refractivity contribution in [2.75, 3.05) is 24.4 Å². The summed E-state index contributed by atoms with van der Waals surface area (Å²) in [5.41, 5.74) is 4.19. The van der Waals surface area contributed by atoms with Gasteiger partial charge in [-0.2, -0.15) is 0 Å². The highest BCUT2D eigenvalue weighted by Crippen LogP contribution is 2.54. The summed E-state index contributed by atoms with van der Waals surface area (Å²) in [6.07, 6.45) is 0.170. The fourth-order valence-electron chi connectivity index (χ4n) is 4.34. The van der Waals surface area contributed by atoms with Gasteiger partial charge >= 0.3 is 6.09 Å². The Morgan fingerprint density at radius 2 is 2.00 bits per heavy atom. The van der Waals surface area contributed by atoms with Gasteiger partial charge in [-0.1, -0.05) is 12.1 Å². The van der Waals surface area contributed by atoms with Gasteiger partial charge in [0.15, 0.2) is 0 Å². The van der Waals surface area contributed by atoms with Crippen LogP contribution < -0.4 is 15.4 Å². The highest BCUT2D eigenvalue weighted by atomic mass is 16.6. The molecule has 6 nitrogen and oxygen atoms in total. The van der Waals surface area contributed by atoms with Gasteiger partial charge in [0.05, 0.1) is 19.1 Å². The van der Waals surface area contributed by atoms with Crippen molar-refractivity contribution in [3.63, 3.8) is 0 Å². The van der Waals surface area contributed by atoms with Gasteiger partial charge < -0.3 is 19.5 Å². The molecule has 2 aromatic rings. The third-order valence-electron chi connectivity index (χ3n) is 5.50. The number of anilines is 2. The van der Waals surface area contributed by atoms with Crippen LogP contribution in [0.1, 0.15) is 43.9 Å². The molecule has 2 N–H and O–H groups in total. The van der Waals surface area contributed by atoms with Gasteiger partial charge in [-0.3, -0.25) is 5.32 Å². The van der Waals surface area contributed by atoms with Crippen molar-refractivity contribution in [3.05, 3.63) is 53.1 Å². The second kappa shape index (κ2) is 6.95. The molecule has 154 valence electrons. The summed E-state index contributed by atoms with van der Waals surface area (Å²) in [6.45, 7) is 8.26. The molecule has 4 rings (SSSR count). The maximum Gasteiger partial charge on any atom is 0.412 e. The van der Waals surface area contributed by atoms with Crippen LogP contribution in [-0.4, -0.2) is 31.6 Å². The van der Waals surface area contributed by atoms with Gasteiger partial charge in [0.1, 0.15) is 17.6 Å². The zero-order valence-electron chi connectivity index (χ0n) is 17.6. The summed E-state index contributed by atoms with van der Waals surface area (Å²) in [7, 11) is 1.67. The average Bonchev–Trinajstić information content (AvgIpc) is 3.16. The van der Waals surface area contributed by atoms with Gasteiger partial charge in [0.25, 0.3) is 0 Å². The van der Waals surface area contributed by atoms with Crippen molar-refractivity contribution in [2.24, 2.45) is 0 Å². The van der Waals surface area contributed by atoms with Crippen LogP contribution in [0, 0.1) is 6.92 Å². The first-order valence-electron chi connectivity index (χ1n) is 9.91. The number of hydrogen-bond donors (Lipinski definition) is 2. The number of benzene rings is 2. The van der Waals surface area contributed by atoms with Gasteiger partial charge in [0, 0.05) is 16.9 Å². The number of carbonyl (C=O) groups excluding carboxylic acids is 1. The molecular formula is C23H28N2O4. The van der Waals surface area contributed by atoms with Crippen molar-refractivity contribution in [3.8, 4) is 5.75 Å². The standard InChI is InChI=1S/C23H28N2O4/c1-14-6-8-16-18(12-14)25-20-23(16,10-11-28-20)17-13-15(7-9-19(17)27-5)24-21(26)29-22(2,3)4/h6-9,12-13,20,25H,10-11H2,1-5H3,(H,24,26)/t20?,23-/m1/s1. The SMILES string of the molecule is COc1ccc(NC(=O)OC(C)(C)C)cc1[C@]12CCOC1Nc1cc(C)ccc12. The number of rotatable bonds is 3. The summed E-state index contributed by atoms with van der Waals surface area (Å²) in [5, 5.41) is 6.37. The van der Waals surface area contributed by atoms with E-state index >= 15 is 0 Å². The van der Waals surface area contributed by atoms with Crippen LogP contribution >= 0.6 is 0 Å². The Labute approximate surface area is 171 Å². The predicted octanol–water partition coefficient (Wildman–Crippen LogP) is 4.81. The Bertz CT molecular complexity index is 950. The van der Waals surface area contributed by atoms with Crippen LogP contribution in [0.2, 0.25) is 0 Å². The smallest absolute Gasteiger partial charge is 0.412 e. The Kier molecular flexibility index (Phi) is 4.69. The molecule has 2 heterocycles. The number of amides is 1. The van der Waals surface area contributed by atoms with Gasteiger partial charge in [0.2, 0.25) is 0 Å². The molecule has 1 fully saturated rings. The molecule has 2 aliphatic heterocycles. The molecule has 2 atom stereocenters. The van der Waals surface area contributed by atoms with Crippen LogP contribution in [0.15, 0.2) is 36.4 Å². The lowest BCUT2D eigenvalue weighted by Gasteiger charge is -2.31. The van der Waals surface area contributed by atoms with Crippen LogP contribution in [0.3, 0.4) is 0 Å². The molecule has 6 heteroatoms. The zero-order chi connectivity index (χ0) is 20.8. The summed E-state index contributed by atoms with van der Waals surface area (Å²) >= 11 is 0. The number of nitrogens with one attached hydrogen (secondary N) is 2. The Morgan fingerprint density at radius 3 is 2.72 bits per heavy atom. The lowest BCUT2D eigenvalue weighted by atomic mass is 9.73. The second-order valence-electron chi connectivity index (χ2n) is 8.71. The minimum atomic E-state index is -0.561. The molecule has 0 radical (unpaired) electrons. The van der Waals surface area contributed by atoms with Crippen LogP contribution in [0.4, 0.5) is 16.2 Å². The van der Waals surface area contributed by atoms with E-state index < -0.39 is 11.7 Å². The Hall–Kier alpha value is -2.73. The van der Waals surface area contributed by atoms with Crippen LogP contribution in [0.25, 0.3) is 0 Å². The highest BCUT2D eigenvalue weighted by molar-refractivity contribution is 5.85. The van der Waals surface area contributed by atoms with Crippen LogP contribution in [-0.2, 0) is 14.9 Å². The molecule has 0 saturated carbocycles. The summed E-state index contributed by atoms with van der Waals surface area (Å²) in [6, 6.07) is 12.1. The molecule has 0 spiro atoms. The minimum absolute atomic E-state index is 0.176. The molecule has 0 bridgehead atoms. The second-order valence-corrected chi connectivity index (χ2v) is 8.71. The van der Waals surface area contributed by atoms with Crippen molar-refractivity contribution < 1.29 is 19.0 Å².